The van der Waals surface area contributed by atoms with Gasteiger partial charge in [-0.2, -0.15) is 13.2 Å². The Bertz CT molecular complexity index is 1210. The molecule has 0 aromatic heterocycles. The second-order valence-electron chi connectivity index (χ2n) is 8.19. The molecular formula is C25H25F3N4O3S. The van der Waals surface area contributed by atoms with Gasteiger partial charge in [0.15, 0.2) is 5.17 Å². The third-order valence-corrected chi connectivity index (χ3v) is 6.76. The lowest BCUT2D eigenvalue weighted by molar-refractivity contribution is -0.139. The Kier molecular flexibility index (Phi) is 7.58. The van der Waals surface area contributed by atoms with Gasteiger partial charge in [-0.05, 0) is 62.2 Å². The first-order valence-corrected chi connectivity index (χ1v) is 12.4. The molecule has 0 bridgehead atoms. The molecule has 0 aliphatic carbocycles. The first-order valence-electron chi connectivity index (χ1n) is 11.4. The van der Waals surface area contributed by atoms with E-state index in [1.54, 1.807) is 43.8 Å². The van der Waals surface area contributed by atoms with Crippen molar-refractivity contribution >= 4 is 40.3 Å². The molecule has 0 unspecified atom stereocenters. The van der Waals surface area contributed by atoms with E-state index < -0.39 is 29.8 Å². The lowest BCUT2D eigenvalue weighted by Crippen LogP contribution is -2.42. The summed E-state index contributed by atoms with van der Waals surface area (Å²) in [6, 6.07) is 10.3. The van der Waals surface area contributed by atoms with Crippen LogP contribution in [0.1, 0.15) is 37.4 Å². The Morgan fingerprint density at radius 2 is 1.86 bits per heavy atom. The van der Waals surface area contributed by atoms with E-state index in [4.69, 9.17) is 4.74 Å². The molecule has 1 saturated heterocycles. The summed E-state index contributed by atoms with van der Waals surface area (Å²) in [4.78, 5) is 32.1. The monoisotopic (exact) mass is 518 g/mol. The zero-order chi connectivity index (χ0) is 25.9. The molecule has 36 heavy (non-hydrogen) atoms. The Morgan fingerprint density at radius 1 is 1.14 bits per heavy atom. The highest BCUT2D eigenvalue weighted by atomic mass is 32.2. The fourth-order valence-corrected chi connectivity index (χ4v) is 5.13. The summed E-state index contributed by atoms with van der Waals surface area (Å²) in [5.74, 6) is 0.507. The number of hydrogen-bond acceptors (Lipinski definition) is 6. The zero-order valence-electron chi connectivity index (χ0n) is 19.7. The first-order chi connectivity index (χ1) is 17.2. The fraction of sp³-hybridized carbons (Fsp3) is 0.320. The molecule has 2 aliphatic heterocycles. The van der Waals surface area contributed by atoms with E-state index in [2.05, 4.69) is 20.5 Å². The number of carbonyl (C=O) groups excluding carboxylic acids is 2. The van der Waals surface area contributed by atoms with Gasteiger partial charge in [-0.25, -0.2) is 14.6 Å². The SMILES string of the molecule is CCOC(=O)C1=C(C)N=C2SCCCN2[C@@H]1c1cccc(NC(=O)Nc2ccc(C(F)(F)F)cc2)c1. The van der Waals surface area contributed by atoms with Crippen LogP contribution in [0, 0.1) is 0 Å². The van der Waals surface area contributed by atoms with Crippen molar-refractivity contribution < 1.29 is 27.5 Å². The van der Waals surface area contributed by atoms with E-state index in [9.17, 15) is 22.8 Å². The number of amidine groups is 1. The molecular weight excluding hydrogens is 493 g/mol. The number of anilines is 2. The summed E-state index contributed by atoms with van der Waals surface area (Å²) < 4.78 is 43.6. The Labute approximate surface area is 210 Å². The lowest BCUT2D eigenvalue weighted by Gasteiger charge is -2.40. The third-order valence-electron chi connectivity index (χ3n) is 5.68. The molecule has 4 rings (SSSR count). The number of rotatable bonds is 5. The van der Waals surface area contributed by atoms with Crippen LogP contribution in [0.15, 0.2) is 64.8 Å². The summed E-state index contributed by atoms with van der Waals surface area (Å²) in [6.07, 6.45) is -3.52. The topological polar surface area (TPSA) is 83.0 Å². The number of aliphatic imine (C=N–C) groups is 1. The van der Waals surface area contributed by atoms with Crippen molar-refractivity contribution in [3.05, 3.63) is 70.9 Å². The van der Waals surface area contributed by atoms with Crippen LogP contribution >= 0.6 is 11.8 Å². The maximum absolute atomic E-state index is 12.9. The van der Waals surface area contributed by atoms with Crippen LogP contribution in [0.25, 0.3) is 0 Å². The molecule has 1 fully saturated rings. The predicted molar refractivity (Wildman–Crippen MR) is 134 cm³/mol. The Morgan fingerprint density at radius 3 is 2.56 bits per heavy atom. The number of nitrogens with zero attached hydrogens (tertiary/aromatic N) is 2. The largest absolute Gasteiger partial charge is 0.463 e. The van der Waals surface area contributed by atoms with E-state index >= 15 is 0 Å². The number of ether oxygens (including phenoxy) is 1. The van der Waals surface area contributed by atoms with Gasteiger partial charge in [0, 0.05) is 23.7 Å². The number of esters is 1. The van der Waals surface area contributed by atoms with Crippen molar-refractivity contribution in [3.63, 3.8) is 0 Å². The molecule has 2 aliphatic rings. The molecule has 11 heteroatoms. The third kappa shape index (κ3) is 5.67. The maximum Gasteiger partial charge on any atom is 0.416 e. The average Bonchev–Trinajstić information content (AvgIpc) is 2.83. The number of thioether (sulfide) groups is 1. The highest BCUT2D eigenvalue weighted by Gasteiger charge is 2.38. The van der Waals surface area contributed by atoms with Gasteiger partial charge in [0.25, 0.3) is 0 Å². The van der Waals surface area contributed by atoms with Gasteiger partial charge < -0.3 is 20.3 Å². The summed E-state index contributed by atoms with van der Waals surface area (Å²) in [5, 5.41) is 6.08. The molecule has 2 heterocycles. The van der Waals surface area contributed by atoms with Crippen molar-refractivity contribution in [2.24, 2.45) is 4.99 Å². The number of hydrogen-bond donors (Lipinski definition) is 2. The van der Waals surface area contributed by atoms with E-state index in [1.807, 2.05) is 6.07 Å². The fourth-order valence-electron chi connectivity index (χ4n) is 4.11. The molecule has 0 spiro atoms. The number of nitrogens with one attached hydrogen (secondary N) is 2. The van der Waals surface area contributed by atoms with Crippen molar-refractivity contribution in [3.8, 4) is 0 Å². The van der Waals surface area contributed by atoms with Crippen LogP contribution < -0.4 is 10.6 Å². The van der Waals surface area contributed by atoms with Crippen LogP contribution in [0.2, 0.25) is 0 Å². The van der Waals surface area contributed by atoms with Gasteiger partial charge in [0.1, 0.15) is 0 Å². The molecule has 2 aromatic rings. The number of carbonyl (C=O) groups is 2. The maximum atomic E-state index is 12.9. The van der Waals surface area contributed by atoms with Gasteiger partial charge in [-0.15, -0.1) is 0 Å². The van der Waals surface area contributed by atoms with Crippen LogP contribution in [-0.2, 0) is 15.7 Å². The number of urea groups is 1. The molecule has 2 aromatic carbocycles. The minimum absolute atomic E-state index is 0.221. The molecule has 1 atom stereocenters. The molecule has 190 valence electrons. The quantitative estimate of drug-likeness (QED) is 0.472. The molecule has 0 radical (unpaired) electrons. The normalized spacial score (nSPS) is 17.8. The summed E-state index contributed by atoms with van der Waals surface area (Å²) >= 11 is 1.63. The average molecular weight is 519 g/mol. The van der Waals surface area contributed by atoms with Gasteiger partial charge in [-0.1, -0.05) is 23.9 Å². The zero-order valence-corrected chi connectivity index (χ0v) is 20.5. The summed E-state index contributed by atoms with van der Waals surface area (Å²) in [5.41, 5.74) is 1.71. The minimum Gasteiger partial charge on any atom is -0.463 e. The highest BCUT2D eigenvalue weighted by molar-refractivity contribution is 8.13. The molecule has 7 nitrogen and oxygen atoms in total. The number of allylic oxidation sites excluding steroid dienone is 1. The molecule has 2 N–H and O–H groups in total. The Balaban J connectivity index is 1.56. The Hall–Kier alpha value is -3.47. The first kappa shape index (κ1) is 25.6. The van der Waals surface area contributed by atoms with Gasteiger partial charge in [0.2, 0.25) is 0 Å². The van der Waals surface area contributed by atoms with Crippen LogP contribution in [0.4, 0.5) is 29.3 Å². The van der Waals surface area contributed by atoms with E-state index in [-0.39, 0.29) is 12.3 Å². The van der Waals surface area contributed by atoms with Crippen molar-refractivity contribution in [1.29, 1.82) is 0 Å². The standard InChI is InChI=1S/C25H25F3N4O3S/c1-3-35-22(33)20-15(2)29-24-32(12-5-13-36-24)21(20)16-6-4-7-19(14-16)31-23(34)30-18-10-8-17(9-11-18)25(26,27)28/h4,6-11,14,21H,3,5,12-13H2,1-2H3,(H2,30,31,34)/t21-/m1/s1. The lowest BCUT2D eigenvalue weighted by atomic mass is 9.94. The van der Waals surface area contributed by atoms with Gasteiger partial charge >= 0.3 is 18.2 Å². The number of alkyl halides is 3. The van der Waals surface area contributed by atoms with E-state index in [0.29, 0.717) is 17.0 Å². The molecule has 0 saturated carbocycles. The molecule has 2 amide bonds. The van der Waals surface area contributed by atoms with Gasteiger partial charge in [-0.3, -0.25) is 0 Å². The second-order valence-corrected chi connectivity index (χ2v) is 9.25. The number of halogens is 3. The van der Waals surface area contributed by atoms with Crippen LogP contribution in [0.3, 0.4) is 0 Å². The second kappa shape index (κ2) is 10.7. The van der Waals surface area contributed by atoms with E-state index in [1.165, 1.54) is 12.1 Å². The van der Waals surface area contributed by atoms with Crippen LogP contribution in [-0.4, -0.2) is 41.0 Å². The smallest absolute Gasteiger partial charge is 0.416 e. The van der Waals surface area contributed by atoms with E-state index in [0.717, 1.165) is 41.6 Å². The number of fused-ring (bicyclic) bond motifs is 1. The van der Waals surface area contributed by atoms with Crippen molar-refractivity contribution in [2.75, 3.05) is 29.5 Å². The summed E-state index contributed by atoms with van der Waals surface area (Å²) in [7, 11) is 0. The van der Waals surface area contributed by atoms with Crippen molar-refractivity contribution in [1.82, 2.24) is 4.90 Å². The summed E-state index contributed by atoms with van der Waals surface area (Å²) in [6.45, 7) is 4.49. The van der Waals surface area contributed by atoms with Gasteiger partial charge in [0.05, 0.1) is 29.5 Å². The minimum atomic E-state index is -4.45. The van der Waals surface area contributed by atoms with Crippen molar-refractivity contribution in [2.45, 2.75) is 32.5 Å². The van der Waals surface area contributed by atoms with Crippen LogP contribution in [0.5, 0.6) is 0 Å². The highest BCUT2D eigenvalue weighted by Crippen LogP contribution is 2.40. The predicted octanol–water partition coefficient (Wildman–Crippen LogP) is 6.04. The number of amides is 2. The number of benzene rings is 2.